The summed E-state index contributed by atoms with van der Waals surface area (Å²) >= 11 is 0. The lowest BCUT2D eigenvalue weighted by Gasteiger charge is -2.14. The minimum absolute atomic E-state index is 0.00272. The second-order valence-corrected chi connectivity index (χ2v) is 25.5. The summed E-state index contributed by atoms with van der Waals surface area (Å²) in [5.74, 6) is 17.0. The number of aromatic amines is 2. The second-order valence-electron chi connectivity index (χ2n) is 25.5. The number of ether oxygens (including phenoxy) is 4. The maximum absolute atomic E-state index is 11.8. The molecule has 5 heterocycles. The summed E-state index contributed by atoms with van der Waals surface area (Å²) in [7, 11) is 0. The summed E-state index contributed by atoms with van der Waals surface area (Å²) in [6, 6.07) is 35.9. The molecule has 8 bridgehead atoms. The Morgan fingerprint density at radius 3 is 1.05 bits per heavy atom. The van der Waals surface area contributed by atoms with Crippen molar-refractivity contribution in [2.75, 3.05) is 26.4 Å². The molecule has 0 saturated carbocycles. The summed E-state index contributed by atoms with van der Waals surface area (Å²) in [5, 5.41) is 11.8. The van der Waals surface area contributed by atoms with Gasteiger partial charge < -0.3 is 28.9 Å². The van der Waals surface area contributed by atoms with Crippen molar-refractivity contribution in [3.05, 3.63) is 170 Å². The maximum Gasteiger partial charge on any atom is 0.269 e. The zero-order chi connectivity index (χ0) is 66.2. The van der Waals surface area contributed by atoms with Crippen LogP contribution in [0.3, 0.4) is 0 Å². The largest absolute Gasteiger partial charge is 0.493 e. The zero-order valence-electron chi connectivity index (χ0n) is 57.4. The molecule has 0 atom stereocenters. The number of unbranched alkanes of at least 4 members (excludes halogenated alkanes) is 21. The average Bonchev–Trinajstić information content (AvgIpc) is 1.65. The molecule has 0 saturated heterocycles. The van der Waals surface area contributed by atoms with E-state index in [2.05, 4.69) is 159 Å². The Kier molecular flexibility index (Phi) is 28.6. The fourth-order valence-electron chi connectivity index (χ4n) is 12.2. The Labute approximate surface area is 566 Å². The number of benzene rings is 4. The number of nitrogens with zero attached hydrogens (tertiary/aromatic N) is 3. The second kappa shape index (κ2) is 38.5. The predicted octanol–water partition coefficient (Wildman–Crippen LogP) is 23.0. The van der Waals surface area contributed by atoms with E-state index in [0.717, 1.165) is 155 Å². The first-order valence-electron chi connectivity index (χ1n) is 36.1. The van der Waals surface area contributed by atoms with E-state index >= 15 is 0 Å². The molecule has 4 aromatic carbocycles. The van der Waals surface area contributed by atoms with Crippen molar-refractivity contribution >= 4 is 52.1 Å². The highest BCUT2D eigenvalue weighted by Crippen LogP contribution is 2.39. The molecule has 0 radical (unpaired) electrons. The molecule has 95 heavy (non-hydrogen) atoms. The maximum atomic E-state index is 11.8. The van der Waals surface area contributed by atoms with Crippen molar-refractivity contribution in [2.45, 2.75) is 208 Å². The Morgan fingerprint density at radius 1 is 0.368 bits per heavy atom. The SMILES string of the molecule is CCCCCCCCOc1cc(OCCCCCCCC)cc(-c2c3nc(c(C#Cc4ccc([N+](=O)[O-])cc4)c4ccc([nH]4)c(-c4cc(OCCCCCCCC)cc(OCCCCCCCC)c4)c4nc(c(C#Cc5ccc(CCCC)cc5)c5ccc2[nH]5)C=C4)C=C3)c1. The van der Waals surface area contributed by atoms with E-state index < -0.39 is 4.92 Å². The lowest BCUT2D eigenvalue weighted by Crippen LogP contribution is -2.01. The summed E-state index contributed by atoms with van der Waals surface area (Å²) < 4.78 is 26.7. The molecule has 2 aliphatic rings. The van der Waals surface area contributed by atoms with Gasteiger partial charge in [-0.15, -0.1) is 0 Å². The van der Waals surface area contributed by atoms with Crippen LogP contribution in [-0.4, -0.2) is 51.3 Å². The molecule has 498 valence electrons. The van der Waals surface area contributed by atoms with Gasteiger partial charge in [0.25, 0.3) is 5.69 Å². The van der Waals surface area contributed by atoms with Crippen molar-refractivity contribution in [2.24, 2.45) is 0 Å². The van der Waals surface area contributed by atoms with Gasteiger partial charge in [-0.25, -0.2) is 9.97 Å². The molecule has 2 N–H and O–H groups in total. The monoisotopic (exact) mass is 1280 g/mol. The van der Waals surface area contributed by atoms with Gasteiger partial charge in [0.2, 0.25) is 0 Å². The van der Waals surface area contributed by atoms with Gasteiger partial charge >= 0.3 is 0 Å². The van der Waals surface area contributed by atoms with E-state index in [9.17, 15) is 10.1 Å². The van der Waals surface area contributed by atoms with E-state index in [4.69, 9.17) is 28.9 Å². The number of aromatic nitrogens is 4. The lowest BCUT2D eigenvalue weighted by molar-refractivity contribution is -0.384. The van der Waals surface area contributed by atoms with Crippen molar-refractivity contribution < 1.29 is 23.9 Å². The minimum atomic E-state index is -0.395. The van der Waals surface area contributed by atoms with Gasteiger partial charge in [0.05, 0.1) is 76.3 Å². The number of nitro benzene ring substituents is 1. The van der Waals surface area contributed by atoms with E-state index in [1.807, 2.05) is 18.2 Å². The Balaban J connectivity index is 1.27. The van der Waals surface area contributed by atoms with Crippen molar-refractivity contribution in [3.8, 4) is 68.9 Å². The molecule has 11 heteroatoms. The first-order chi connectivity index (χ1) is 46.7. The van der Waals surface area contributed by atoms with E-state index in [0.29, 0.717) is 54.6 Å². The van der Waals surface area contributed by atoms with Crippen LogP contribution in [0.2, 0.25) is 0 Å². The number of fused-ring (bicyclic) bond motifs is 8. The smallest absolute Gasteiger partial charge is 0.269 e. The Bertz CT molecular complexity index is 3810. The van der Waals surface area contributed by atoms with Gasteiger partial charge in [-0.05, 0) is 152 Å². The van der Waals surface area contributed by atoms with Crippen molar-refractivity contribution in [3.63, 3.8) is 0 Å². The summed E-state index contributed by atoms with van der Waals surface area (Å²) in [6.45, 7) is 13.6. The molecule has 2 aliphatic heterocycles. The number of nitro groups is 1. The third-order valence-corrected chi connectivity index (χ3v) is 17.7. The minimum Gasteiger partial charge on any atom is -0.493 e. The van der Waals surface area contributed by atoms with Crippen LogP contribution in [0, 0.1) is 33.8 Å². The van der Waals surface area contributed by atoms with Crippen LogP contribution in [-0.2, 0) is 6.42 Å². The van der Waals surface area contributed by atoms with Crippen LogP contribution in [0.15, 0.2) is 109 Å². The highest BCUT2D eigenvalue weighted by Gasteiger charge is 2.20. The van der Waals surface area contributed by atoms with E-state index in [1.165, 1.54) is 120 Å². The van der Waals surface area contributed by atoms with Gasteiger partial charge in [0.15, 0.2) is 0 Å². The molecule has 0 amide bonds. The van der Waals surface area contributed by atoms with Gasteiger partial charge in [0, 0.05) is 57.6 Å². The fourth-order valence-corrected chi connectivity index (χ4v) is 12.2. The zero-order valence-corrected chi connectivity index (χ0v) is 57.4. The summed E-state index contributed by atoms with van der Waals surface area (Å²) in [5.41, 5.74) is 13.6. The van der Waals surface area contributed by atoms with Crippen molar-refractivity contribution in [1.29, 1.82) is 0 Å². The van der Waals surface area contributed by atoms with Crippen LogP contribution in [0.25, 0.3) is 68.6 Å². The quantitative estimate of drug-likeness (QED) is 0.0169. The van der Waals surface area contributed by atoms with Crippen LogP contribution >= 0.6 is 0 Å². The highest BCUT2D eigenvalue weighted by atomic mass is 16.6. The standard InChI is InChI=1S/C84H101N5O6/c1-6-11-16-20-24-28-53-92-69-57-66(58-70(61-69)93-54-29-25-21-17-12-7-2)83-79-49-45-75(85-79)73(43-39-64-35-33-63(34-36-64)32-15-10-5)76-46-50-80(86-76)84(67-59-71(94-55-30-26-22-18-13-8-3)62-72(60-67)95-56-31-27-23-19-14-9-4)82-52-48-78(88-82)74(77-47-51-81(83)87-77)44-40-65-37-41-68(42-38-65)89(90)91/h33-38,41-42,45-52,57-62,85,88H,6-32,53-56H2,1-5H3. The normalized spacial score (nSPS) is 11.5. The number of H-pyrrole nitrogens is 2. The number of non-ortho nitro benzene ring substituents is 1. The lowest BCUT2D eigenvalue weighted by atomic mass is 10.0. The first-order valence-corrected chi connectivity index (χ1v) is 36.1. The number of aryl methyl sites for hydroxylation is 1. The fraction of sp³-hybridized carbons (Fsp3) is 0.429. The third-order valence-electron chi connectivity index (χ3n) is 17.7. The Hall–Kier alpha value is -8.80. The molecule has 9 rings (SSSR count). The molecule has 0 fully saturated rings. The van der Waals surface area contributed by atoms with Crippen LogP contribution < -0.4 is 18.9 Å². The Morgan fingerprint density at radius 2 is 0.695 bits per heavy atom. The number of hydrogen-bond acceptors (Lipinski definition) is 8. The molecule has 11 nitrogen and oxygen atoms in total. The molecule has 0 aliphatic carbocycles. The van der Waals surface area contributed by atoms with Crippen molar-refractivity contribution in [1.82, 2.24) is 19.9 Å². The van der Waals surface area contributed by atoms with Gasteiger partial charge in [-0.1, -0.05) is 205 Å². The van der Waals surface area contributed by atoms with Crippen LogP contribution in [0.1, 0.15) is 252 Å². The van der Waals surface area contributed by atoms with Gasteiger partial charge in [0.1, 0.15) is 23.0 Å². The topological polar surface area (TPSA) is 137 Å². The molecule has 3 aromatic heterocycles. The molecular weight excluding hydrogens is 1170 g/mol. The van der Waals surface area contributed by atoms with Gasteiger partial charge in [-0.2, -0.15) is 0 Å². The highest BCUT2D eigenvalue weighted by molar-refractivity contribution is 5.96. The predicted molar refractivity (Wildman–Crippen MR) is 395 cm³/mol. The molecular formula is C84H101N5O6. The molecule has 0 unspecified atom stereocenters. The number of hydrogen-bond donors (Lipinski definition) is 2. The van der Waals surface area contributed by atoms with E-state index in [1.54, 1.807) is 12.1 Å². The van der Waals surface area contributed by atoms with E-state index in [-0.39, 0.29) is 5.69 Å². The van der Waals surface area contributed by atoms with Gasteiger partial charge in [-0.3, -0.25) is 10.1 Å². The summed E-state index contributed by atoms with van der Waals surface area (Å²) in [4.78, 5) is 30.3. The first kappa shape index (κ1) is 70.5. The summed E-state index contributed by atoms with van der Waals surface area (Å²) in [6.07, 6.45) is 39.4. The third kappa shape index (κ3) is 21.6. The van der Waals surface area contributed by atoms with Crippen LogP contribution in [0.5, 0.6) is 23.0 Å². The number of rotatable bonds is 38. The number of nitrogens with one attached hydrogen (secondary N) is 2. The molecule has 0 spiro atoms. The average molecular weight is 1280 g/mol. The molecule has 7 aromatic rings. The van der Waals surface area contributed by atoms with Crippen LogP contribution in [0.4, 0.5) is 5.69 Å².